The molecule has 0 saturated carbocycles. The Morgan fingerprint density at radius 2 is 0.643 bits per heavy atom. The molecule has 0 aromatic heterocycles. The molecule has 0 amide bonds. The fourth-order valence-electron chi connectivity index (χ4n) is 11.0. The first-order valence-corrected chi connectivity index (χ1v) is 36.6. The Morgan fingerprint density at radius 1 is 0.357 bits per heavy atom. The average molecular weight is 1180 g/mol. The molecule has 0 aliphatic rings. The number of quaternary nitrogens is 1. The summed E-state index contributed by atoms with van der Waals surface area (Å²) in [6.45, 7) is 4.76. The molecule has 9 heteroatoms. The van der Waals surface area contributed by atoms with Crippen LogP contribution in [0.25, 0.3) is 0 Å². The van der Waals surface area contributed by atoms with E-state index in [1.807, 2.05) is 21.1 Å². The van der Waals surface area contributed by atoms with Crippen LogP contribution in [0, 0.1) is 0 Å². The van der Waals surface area contributed by atoms with Crippen LogP contribution in [0.15, 0.2) is 36.5 Å². The van der Waals surface area contributed by atoms with Crippen LogP contribution in [-0.2, 0) is 33.3 Å². The van der Waals surface area contributed by atoms with Crippen molar-refractivity contribution in [1.29, 1.82) is 0 Å². The number of carbonyl (C=O) groups is 3. The van der Waals surface area contributed by atoms with Crippen LogP contribution in [-0.4, -0.2) is 82.3 Å². The Hall–Kier alpha value is -2.49. The van der Waals surface area contributed by atoms with Gasteiger partial charge in [-0.05, 0) is 51.4 Å². The molecular weight excluding hydrogens is 1040 g/mol. The van der Waals surface area contributed by atoms with Crippen LogP contribution in [0.3, 0.4) is 0 Å². The average Bonchev–Trinajstić information content (AvgIpc) is 3.55. The second kappa shape index (κ2) is 66.5. The topological polar surface area (TPSA) is 111 Å². The molecule has 0 rings (SSSR count). The summed E-state index contributed by atoms with van der Waals surface area (Å²) in [6, 6.07) is 0. The van der Waals surface area contributed by atoms with Gasteiger partial charge in [-0.1, -0.05) is 339 Å². The first kappa shape index (κ1) is 81.5. The van der Waals surface area contributed by atoms with Gasteiger partial charge in [0.1, 0.15) is 13.2 Å². The molecule has 0 N–H and O–H groups in total. The second-order valence-electron chi connectivity index (χ2n) is 26.2. The molecule has 0 radical (unpaired) electrons. The number of ether oxygens (including phenoxy) is 4. The zero-order valence-corrected chi connectivity index (χ0v) is 56.6. The van der Waals surface area contributed by atoms with Crippen LogP contribution in [0.2, 0.25) is 0 Å². The monoisotopic (exact) mass is 1180 g/mol. The first-order chi connectivity index (χ1) is 41.1. The standard InChI is InChI=1S/C75H141NO8/c1-6-8-10-12-14-16-18-20-22-24-26-27-28-29-30-31-32-33-34-35-36-37-38-39-40-41-42-43-44-45-46-48-49-51-53-55-57-59-61-63-65-72(77)82-69-71(70-83-75(74(79)80)81-68-67-76(3,4)5)84-73(78)66-64-62-60-58-56-54-52-50-47-25-23-21-19-17-15-13-11-9-7-2/h15,17,21,23,47,50,71,75H,6-14,16,18-20,22,24-46,48-49,51-70H2,1-5H3/b17-15-,23-21-,50-47-. The van der Waals surface area contributed by atoms with Gasteiger partial charge in [0.15, 0.2) is 12.4 Å². The van der Waals surface area contributed by atoms with E-state index in [1.165, 1.54) is 263 Å². The lowest BCUT2D eigenvalue weighted by molar-refractivity contribution is -0.870. The number of aliphatic carboxylic acids is 1. The van der Waals surface area contributed by atoms with Crippen molar-refractivity contribution >= 4 is 17.9 Å². The number of allylic oxidation sites excluding steroid dienone is 6. The molecule has 0 aliphatic heterocycles. The Balaban J connectivity index is 3.92. The molecule has 0 aliphatic carbocycles. The van der Waals surface area contributed by atoms with Gasteiger partial charge in [0.2, 0.25) is 0 Å². The number of hydrogen-bond acceptors (Lipinski definition) is 8. The Kier molecular flexibility index (Phi) is 64.5. The van der Waals surface area contributed by atoms with Gasteiger partial charge in [-0.25, -0.2) is 0 Å². The minimum Gasteiger partial charge on any atom is -0.545 e. The Bertz CT molecular complexity index is 1470. The zero-order valence-electron chi connectivity index (χ0n) is 56.6. The molecule has 0 fully saturated rings. The van der Waals surface area contributed by atoms with Crippen molar-refractivity contribution in [2.45, 2.75) is 379 Å². The molecule has 0 saturated heterocycles. The van der Waals surface area contributed by atoms with Crippen molar-refractivity contribution in [3.05, 3.63) is 36.5 Å². The van der Waals surface area contributed by atoms with Gasteiger partial charge < -0.3 is 33.3 Å². The lowest BCUT2D eigenvalue weighted by atomic mass is 10.0. The van der Waals surface area contributed by atoms with Crippen molar-refractivity contribution in [3.63, 3.8) is 0 Å². The van der Waals surface area contributed by atoms with Crippen LogP contribution >= 0.6 is 0 Å². The number of esters is 2. The van der Waals surface area contributed by atoms with Crippen molar-refractivity contribution in [3.8, 4) is 0 Å². The Morgan fingerprint density at radius 3 is 0.976 bits per heavy atom. The molecule has 0 bridgehead atoms. The van der Waals surface area contributed by atoms with Crippen molar-refractivity contribution in [2.24, 2.45) is 0 Å². The summed E-state index contributed by atoms with van der Waals surface area (Å²) in [6.07, 6.45) is 81.3. The van der Waals surface area contributed by atoms with Crippen molar-refractivity contribution in [2.75, 3.05) is 47.5 Å². The van der Waals surface area contributed by atoms with Crippen molar-refractivity contribution < 1.29 is 42.9 Å². The molecule has 2 atom stereocenters. The van der Waals surface area contributed by atoms with Gasteiger partial charge in [-0.3, -0.25) is 9.59 Å². The van der Waals surface area contributed by atoms with Gasteiger partial charge in [0.25, 0.3) is 0 Å². The predicted molar refractivity (Wildman–Crippen MR) is 357 cm³/mol. The maximum Gasteiger partial charge on any atom is 0.306 e. The highest BCUT2D eigenvalue weighted by atomic mass is 16.7. The molecule has 494 valence electrons. The molecule has 2 unspecified atom stereocenters. The summed E-state index contributed by atoms with van der Waals surface area (Å²) in [5.74, 6) is -2.28. The fraction of sp³-hybridized carbons (Fsp3) is 0.880. The van der Waals surface area contributed by atoms with Gasteiger partial charge in [-0.15, -0.1) is 0 Å². The van der Waals surface area contributed by atoms with E-state index in [-0.39, 0.29) is 32.2 Å². The summed E-state index contributed by atoms with van der Waals surface area (Å²) in [7, 11) is 5.93. The smallest absolute Gasteiger partial charge is 0.306 e. The van der Waals surface area contributed by atoms with Crippen LogP contribution < -0.4 is 5.11 Å². The first-order valence-electron chi connectivity index (χ1n) is 36.6. The molecule has 9 nitrogen and oxygen atoms in total. The number of carbonyl (C=O) groups excluding carboxylic acids is 3. The van der Waals surface area contributed by atoms with Crippen LogP contribution in [0.1, 0.15) is 367 Å². The number of hydrogen-bond donors (Lipinski definition) is 0. The molecule has 0 aromatic rings. The summed E-state index contributed by atoms with van der Waals surface area (Å²) < 4.78 is 22.8. The third-order valence-electron chi connectivity index (χ3n) is 16.6. The van der Waals surface area contributed by atoms with E-state index >= 15 is 0 Å². The van der Waals surface area contributed by atoms with E-state index < -0.39 is 24.3 Å². The summed E-state index contributed by atoms with van der Waals surface area (Å²) in [5.41, 5.74) is 0. The lowest BCUT2D eigenvalue weighted by Gasteiger charge is -2.26. The normalized spacial score (nSPS) is 12.8. The third kappa shape index (κ3) is 67.0. The summed E-state index contributed by atoms with van der Waals surface area (Å²) >= 11 is 0. The summed E-state index contributed by atoms with van der Waals surface area (Å²) in [4.78, 5) is 37.4. The quantitative estimate of drug-likeness (QED) is 0.0195. The van der Waals surface area contributed by atoms with Gasteiger partial charge in [-0.2, -0.15) is 0 Å². The third-order valence-corrected chi connectivity index (χ3v) is 16.6. The van der Waals surface area contributed by atoms with E-state index in [2.05, 4.69) is 50.3 Å². The van der Waals surface area contributed by atoms with E-state index in [9.17, 15) is 19.5 Å². The number of likely N-dealkylation sites (N-methyl/N-ethyl adjacent to an activating group) is 1. The summed E-state index contributed by atoms with van der Waals surface area (Å²) in [5, 5.41) is 11.8. The second-order valence-corrected chi connectivity index (χ2v) is 26.2. The zero-order chi connectivity index (χ0) is 61.2. The number of unbranched alkanes of at least 4 members (excludes halogenated alkanes) is 48. The SMILES string of the molecule is CCCCC/C=C\C/C=C\C/C=C\CCCCCCCCC(=O)OC(COC(=O)CCCCCCCCCCCCCCCCCCCCCCCCCCCCCCCCCCCCCCCCCC)COC(OCC[N+](C)(C)C)C(=O)[O-]. The lowest BCUT2D eigenvalue weighted by Crippen LogP contribution is -2.44. The fourth-order valence-corrected chi connectivity index (χ4v) is 11.0. The van der Waals surface area contributed by atoms with Gasteiger partial charge in [0, 0.05) is 12.8 Å². The van der Waals surface area contributed by atoms with E-state index in [1.54, 1.807) is 0 Å². The Labute approximate surface area is 521 Å². The van der Waals surface area contributed by atoms with E-state index in [4.69, 9.17) is 18.9 Å². The minimum absolute atomic E-state index is 0.146. The van der Waals surface area contributed by atoms with Crippen LogP contribution in [0.5, 0.6) is 0 Å². The minimum atomic E-state index is -1.62. The number of rotatable bonds is 69. The molecular formula is C75H141NO8. The molecule has 0 heterocycles. The number of carboxylic acid groups (broad SMARTS) is 1. The maximum absolute atomic E-state index is 12.9. The maximum atomic E-state index is 12.9. The molecule has 84 heavy (non-hydrogen) atoms. The van der Waals surface area contributed by atoms with Crippen molar-refractivity contribution in [1.82, 2.24) is 0 Å². The van der Waals surface area contributed by atoms with Crippen LogP contribution in [0.4, 0.5) is 0 Å². The highest BCUT2D eigenvalue weighted by Crippen LogP contribution is 2.19. The molecule has 0 aromatic carbocycles. The molecule has 0 spiro atoms. The highest BCUT2D eigenvalue weighted by molar-refractivity contribution is 5.70. The van der Waals surface area contributed by atoms with Gasteiger partial charge >= 0.3 is 11.9 Å². The van der Waals surface area contributed by atoms with E-state index in [0.29, 0.717) is 23.9 Å². The van der Waals surface area contributed by atoms with Gasteiger partial charge in [0.05, 0.1) is 40.3 Å². The number of carboxylic acids is 1. The highest BCUT2D eigenvalue weighted by Gasteiger charge is 2.22. The van der Waals surface area contributed by atoms with E-state index in [0.717, 1.165) is 70.6 Å². The largest absolute Gasteiger partial charge is 0.545 e. The number of nitrogens with zero attached hydrogens (tertiary/aromatic N) is 1. The predicted octanol–water partition coefficient (Wildman–Crippen LogP) is 21.4.